The van der Waals surface area contributed by atoms with Crippen molar-refractivity contribution in [1.29, 1.82) is 0 Å². The molecule has 6 heteroatoms. The Kier molecular flexibility index (Phi) is 4.65. The summed E-state index contributed by atoms with van der Waals surface area (Å²) >= 11 is 10.00. The molecule has 2 aromatic carbocycles. The first-order valence-corrected chi connectivity index (χ1v) is 7.61. The van der Waals surface area contributed by atoms with Crippen LogP contribution in [0.15, 0.2) is 49.8 Å². The Balaban J connectivity index is 2.34. The molecule has 2 N–H and O–H groups in total. The van der Waals surface area contributed by atoms with Gasteiger partial charge in [-0.2, -0.15) is 0 Å². The number of rotatable bonds is 2. The summed E-state index contributed by atoms with van der Waals surface area (Å²) in [5.41, 5.74) is 0.823. The second-order valence-electron chi connectivity index (χ2n) is 3.71. The Labute approximate surface area is 135 Å². The summed E-state index contributed by atoms with van der Waals surface area (Å²) in [6.45, 7) is 0. The number of carbonyl (C=O) groups excluding carboxylic acids is 1. The summed E-state index contributed by atoms with van der Waals surface area (Å²) in [4.78, 5) is 12.2. The van der Waals surface area contributed by atoms with Crippen molar-refractivity contribution >= 4 is 59.4 Å². The van der Waals surface area contributed by atoms with Crippen molar-refractivity contribution in [3.63, 3.8) is 0 Å². The molecular formula is C13H8Br3NO2. The van der Waals surface area contributed by atoms with E-state index in [2.05, 4.69) is 53.1 Å². The third-order valence-corrected chi connectivity index (χ3v) is 4.22. The Morgan fingerprint density at radius 1 is 1.05 bits per heavy atom. The van der Waals surface area contributed by atoms with Crippen molar-refractivity contribution in [2.24, 2.45) is 0 Å². The van der Waals surface area contributed by atoms with E-state index in [9.17, 15) is 9.90 Å². The van der Waals surface area contributed by atoms with E-state index < -0.39 is 0 Å². The molecule has 0 heterocycles. The molecule has 0 aliphatic rings. The maximum absolute atomic E-state index is 12.2. The van der Waals surface area contributed by atoms with E-state index in [1.54, 1.807) is 12.1 Å². The fourth-order valence-corrected chi connectivity index (χ4v) is 3.05. The van der Waals surface area contributed by atoms with E-state index in [0.29, 0.717) is 5.69 Å². The van der Waals surface area contributed by atoms with Gasteiger partial charge in [0.25, 0.3) is 5.91 Å². The van der Waals surface area contributed by atoms with E-state index in [1.165, 1.54) is 6.07 Å². The van der Waals surface area contributed by atoms with Crippen LogP contribution in [0.2, 0.25) is 0 Å². The molecule has 1 amide bonds. The van der Waals surface area contributed by atoms with Crippen molar-refractivity contribution in [2.75, 3.05) is 5.32 Å². The minimum atomic E-state index is -0.383. The predicted molar refractivity (Wildman–Crippen MR) is 85.6 cm³/mol. The van der Waals surface area contributed by atoms with Crippen molar-refractivity contribution in [1.82, 2.24) is 0 Å². The molecule has 0 aliphatic carbocycles. The van der Waals surface area contributed by atoms with E-state index in [0.717, 1.165) is 13.4 Å². The number of benzene rings is 2. The monoisotopic (exact) mass is 447 g/mol. The largest absolute Gasteiger partial charge is 0.507 e. The molecule has 3 nitrogen and oxygen atoms in total. The Morgan fingerprint density at radius 2 is 1.68 bits per heavy atom. The SMILES string of the molecule is O=C(Nc1c(Br)cccc1Br)c1cc(Br)ccc1O. The highest BCUT2D eigenvalue weighted by molar-refractivity contribution is 9.11. The van der Waals surface area contributed by atoms with E-state index in [4.69, 9.17) is 0 Å². The average Bonchev–Trinajstić information content (AvgIpc) is 2.37. The Bertz CT molecular complexity index is 624. The Hall–Kier alpha value is -0.850. The molecule has 0 aliphatic heterocycles. The summed E-state index contributed by atoms with van der Waals surface area (Å²) in [5.74, 6) is -0.449. The first kappa shape index (κ1) is 14.6. The maximum atomic E-state index is 12.2. The van der Waals surface area contributed by atoms with Crippen LogP contribution in [0.1, 0.15) is 10.4 Å². The van der Waals surface area contributed by atoms with E-state index >= 15 is 0 Å². The molecule has 0 radical (unpaired) electrons. The number of hydrogen-bond acceptors (Lipinski definition) is 2. The topological polar surface area (TPSA) is 49.3 Å². The highest BCUT2D eigenvalue weighted by atomic mass is 79.9. The van der Waals surface area contributed by atoms with Gasteiger partial charge in [-0.15, -0.1) is 0 Å². The van der Waals surface area contributed by atoms with Crippen molar-refractivity contribution < 1.29 is 9.90 Å². The molecular weight excluding hydrogens is 442 g/mol. The lowest BCUT2D eigenvalue weighted by molar-refractivity contribution is 0.102. The number of phenols is 1. The zero-order valence-electron chi connectivity index (χ0n) is 9.45. The number of aromatic hydroxyl groups is 1. The minimum absolute atomic E-state index is 0.0659. The number of hydrogen-bond donors (Lipinski definition) is 2. The van der Waals surface area contributed by atoms with Crippen LogP contribution in [0.25, 0.3) is 0 Å². The van der Waals surface area contributed by atoms with Gasteiger partial charge >= 0.3 is 0 Å². The van der Waals surface area contributed by atoms with Gasteiger partial charge in [0, 0.05) is 13.4 Å². The number of halogens is 3. The van der Waals surface area contributed by atoms with Gasteiger partial charge in [-0.1, -0.05) is 22.0 Å². The van der Waals surface area contributed by atoms with Crippen molar-refractivity contribution in [3.05, 3.63) is 55.4 Å². The molecule has 0 saturated heterocycles. The fraction of sp³-hybridized carbons (Fsp3) is 0. The maximum Gasteiger partial charge on any atom is 0.259 e. The first-order chi connectivity index (χ1) is 8.99. The first-order valence-electron chi connectivity index (χ1n) is 5.23. The third-order valence-electron chi connectivity index (χ3n) is 2.40. The van der Waals surface area contributed by atoms with Gasteiger partial charge in [-0.05, 0) is 62.2 Å². The lowest BCUT2D eigenvalue weighted by Crippen LogP contribution is -2.13. The van der Waals surface area contributed by atoms with Gasteiger partial charge in [0.2, 0.25) is 0 Å². The summed E-state index contributed by atoms with van der Waals surface area (Å²) < 4.78 is 2.23. The smallest absolute Gasteiger partial charge is 0.259 e. The van der Waals surface area contributed by atoms with Crippen molar-refractivity contribution in [2.45, 2.75) is 0 Å². The molecule has 0 spiro atoms. The molecule has 0 saturated carbocycles. The van der Waals surface area contributed by atoms with Crippen LogP contribution < -0.4 is 5.32 Å². The van der Waals surface area contributed by atoms with Crippen LogP contribution in [-0.2, 0) is 0 Å². The molecule has 0 aromatic heterocycles. The molecule has 0 bridgehead atoms. The highest BCUT2D eigenvalue weighted by Gasteiger charge is 2.14. The second-order valence-corrected chi connectivity index (χ2v) is 6.34. The van der Waals surface area contributed by atoms with E-state index in [-0.39, 0.29) is 17.2 Å². The lowest BCUT2D eigenvalue weighted by atomic mass is 10.2. The van der Waals surface area contributed by atoms with Gasteiger partial charge in [0.05, 0.1) is 11.3 Å². The van der Waals surface area contributed by atoms with Gasteiger partial charge in [-0.25, -0.2) is 0 Å². The molecule has 98 valence electrons. The summed E-state index contributed by atoms with van der Waals surface area (Å²) in [6, 6.07) is 10.2. The summed E-state index contributed by atoms with van der Waals surface area (Å²) in [7, 11) is 0. The van der Waals surface area contributed by atoms with Gasteiger partial charge in [0.1, 0.15) is 5.75 Å². The number of carbonyl (C=O) groups is 1. The van der Waals surface area contributed by atoms with Crippen LogP contribution in [0, 0.1) is 0 Å². The van der Waals surface area contributed by atoms with E-state index in [1.807, 2.05) is 18.2 Å². The van der Waals surface area contributed by atoms with Crippen LogP contribution in [0.3, 0.4) is 0 Å². The van der Waals surface area contributed by atoms with Crippen LogP contribution in [0.5, 0.6) is 5.75 Å². The Morgan fingerprint density at radius 3 is 2.32 bits per heavy atom. The third kappa shape index (κ3) is 3.38. The number of anilines is 1. The molecule has 19 heavy (non-hydrogen) atoms. The molecule has 0 atom stereocenters. The zero-order chi connectivity index (χ0) is 14.0. The van der Waals surface area contributed by atoms with Gasteiger partial charge in [0.15, 0.2) is 0 Å². The van der Waals surface area contributed by atoms with Crippen molar-refractivity contribution in [3.8, 4) is 5.75 Å². The van der Waals surface area contributed by atoms with Crippen LogP contribution >= 0.6 is 47.8 Å². The van der Waals surface area contributed by atoms with Gasteiger partial charge in [-0.3, -0.25) is 4.79 Å². The van der Waals surface area contributed by atoms with Crippen LogP contribution in [-0.4, -0.2) is 11.0 Å². The highest BCUT2D eigenvalue weighted by Crippen LogP contribution is 2.32. The molecule has 0 fully saturated rings. The van der Waals surface area contributed by atoms with Gasteiger partial charge < -0.3 is 10.4 Å². The number of para-hydroxylation sites is 1. The summed E-state index contributed by atoms with van der Waals surface area (Å²) in [5, 5.41) is 12.5. The quantitative estimate of drug-likeness (QED) is 0.682. The second kappa shape index (κ2) is 6.07. The fourth-order valence-electron chi connectivity index (χ4n) is 1.49. The lowest BCUT2D eigenvalue weighted by Gasteiger charge is -2.10. The molecule has 2 rings (SSSR count). The number of nitrogens with one attached hydrogen (secondary N) is 1. The normalized spacial score (nSPS) is 10.3. The zero-order valence-corrected chi connectivity index (χ0v) is 14.2. The molecule has 0 unspecified atom stereocenters. The summed E-state index contributed by atoms with van der Waals surface area (Å²) in [6.07, 6.45) is 0. The number of amides is 1. The standard InChI is InChI=1S/C13H8Br3NO2/c14-7-4-5-11(18)8(6-7)13(19)17-12-9(15)2-1-3-10(12)16/h1-6,18H,(H,17,19). The average molecular weight is 450 g/mol. The molecule has 2 aromatic rings. The predicted octanol–water partition coefficient (Wildman–Crippen LogP) is 4.93. The number of phenolic OH excluding ortho intramolecular Hbond substituents is 1. The minimum Gasteiger partial charge on any atom is -0.507 e. The van der Waals surface area contributed by atoms with Crippen LogP contribution in [0.4, 0.5) is 5.69 Å².